The zero-order valence-corrected chi connectivity index (χ0v) is 7.75. The maximum absolute atomic E-state index is 10.5. The summed E-state index contributed by atoms with van der Waals surface area (Å²) in [6.45, 7) is 4.13. The number of carbonyl (C=O) groups is 1. The molecular formula is C9H18N2O. The van der Waals surface area contributed by atoms with E-state index in [4.69, 9.17) is 5.73 Å². The summed E-state index contributed by atoms with van der Waals surface area (Å²) in [7, 11) is 0. The van der Waals surface area contributed by atoms with E-state index in [1.165, 1.54) is 12.8 Å². The molecule has 0 atom stereocenters. The molecule has 3 nitrogen and oxygen atoms in total. The molecule has 1 amide bonds. The molecule has 0 aromatic carbocycles. The molecule has 1 aliphatic carbocycles. The largest absolute Gasteiger partial charge is 0.370 e. The zero-order chi connectivity index (χ0) is 8.97. The van der Waals surface area contributed by atoms with Crippen LogP contribution in [-0.4, -0.2) is 29.9 Å². The molecule has 0 spiro atoms. The van der Waals surface area contributed by atoms with E-state index in [9.17, 15) is 4.79 Å². The lowest BCUT2D eigenvalue weighted by Crippen LogP contribution is -2.30. The Kier molecular flexibility index (Phi) is 3.53. The van der Waals surface area contributed by atoms with Gasteiger partial charge in [-0.1, -0.05) is 6.92 Å². The molecule has 70 valence electrons. The summed E-state index contributed by atoms with van der Waals surface area (Å²) in [5.74, 6) is -0.184. The smallest absolute Gasteiger partial charge is 0.218 e. The summed E-state index contributed by atoms with van der Waals surface area (Å²) >= 11 is 0. The molecule has 3 heteroatoms. The van der Waals surface area contributed by atoms with Gasteiger partial charge in [-0.15, -0.1) is 0 Å². The normalized spacial score (nSPS) is 16.8. The van der Waals surface area contributed by atoms with E-state index < -0.39 is 0 Å². The van der Waals surface area contributed by atoms with Gasteiger partial charge in [-0.25, -0.2) is 0 Å². The molecule has 1 fully saturated rings. The molecule has 1 rings (SSSR count). The fourth-order valence-corrected chi connectivity index (χ4v) is 1.46. The van der Waals surface area contributed by atoms with Crippen molar-refractivity contribution in [3.8, 4) is 0 Å². The highest BCUT2D eigenvalue weighted by Crippen LogP contribution is 2.26. The SMILES string of the molecule is CCCN(CCC(N)=O)C1CC1. The van der Waals surface area contributed by atoms with Crippen molar-refractivity contribution in [2.24, 2.45) is 5.73 Å². The van der Waals surface area contributed by atoms with Gasteiger partial charge < -0.3 is 5.73 Å². The van der Waals surface area contributed by atoms with Gasteiger partial charge in [-0.05, 0) is 25.8 Å². The van der Waals surface area contributed by atoms with Gasteiger partial charge in [0.15, 0.2) is 0 Å². The molecule has 0 aliphatic heterocycles. The van der Waals surface area contributed by atoms with Gasteiger partial charge in [0.2, 0.25) is 5.91 Å². The van der Waals surface area contributed by atoms with Crippen molar-refractivity contribution in [2.75, 3.05) is 13.1 Å². The van der Waals surface area contributed by atoms with E-state index in [1.807, 2.05) is 0 Å². The first-order chi connectivity index (χ1) is 5.74. The van der Waals surface area contributed by atoms with E-state index in [0.717, 1.165) is 25.6 Å². The van der Waals surface area contributed by atoms with Crippen LogP contribution in [-0.2, 0) is 4.79 Å². The summed E-state index contributed by atoms with van der Waals surface area (Å²) in [5.41, 5.74) is 5.09. The Hall–Kier alpha value is -0.570. The highest BCUT2D eigenvalue weighted by molar-refractivity contribution is 5.73. The average molecular weight is 170 g/mol. The van der Waals surface area contributed by atoms with Crippen LogP contribution in [0.4, 0.5) is 0 Å². The maximum atomic E-state index is 10.5. The van der Waals surface area contributed by atoms with Crippen molar-refractivity contribution in [1.29, 1.82) is 0 Å². The lowest BCUT2D eigenvalue weighted by molar-refractivity contribution is -0.118. The molecule has 0 aromatic heterocycles. The third-order valence-electron chi connectivity index (χ3n) is 2.22. The maximum Gasteiger partial charge on any atom is 0.218 e. The second-order valence-electron chi connectivity index (χ2n) is 3.48. The van der Waals surface area contributed by atoms with Crippen LogP contribution >= 0.6 is 0 Å². The molecule has 0 radical (unpaired) electrons. The Morgan fingerprint density at radius 2 is 2.17 bits per heavy atom. The minimum atomic E-state index is -0.184. The van der Waals surface area contributed by atoms with Crippen molar-refractivity contribution in [1.82, 2.24) is 4.90 Å². The third-order valence-corrected chi connectivity index (χ3v) is 2.22. The molecule has 0 bridgehead atoms. The number of primary amides is 1. The van der Waals surface area contributed by atoms with Gasteiger partial charge in [-0.2, -0.15) is 0 Å². The van der Waals surface area contributed by atoms with Gasteiger partial charge in [-0.3, -0.25) is 9.69 Å². The Balaban J connectivity index is 2.18. The second-order valence-corrected chi connectivity index (χ2v) is 3.48. The second kappa shape index (κ2) is 4.45. The number of hydrogen-bond acceptors (Lipinski definition) is 2. The van der Waals surface area contributed by atoms with Crippen molar-refractivity contribution in [2.45, 2.75) is 38.6 Å². The molecule has 2 N–H and O–H groups in total. The Bertz CT molecular complexity index is 155. The monoisotopic (exact) mass is 170 g/mol. The van der Waals surface area contributed by atoms with Crippen molar-refractivity contribution >= 4 is 5.91 Å². The first-order valence-electron chi connectivity index (χ1n) is 4.76. The number of hydrogen-bond donors (Lipinski definition) is 1. The third kappa shape index (κ3) is 3.22. The lowest BCUT2D eigenvalue weighted by Gasteiger charge is -2.19. The molecular weight excluding hydrogens is 152 g/mol. The number of nitrogens with two attached hydrogens (primary N) is 1. The minimum Gasteiger partial charge on any atom is -0.370 e. The lowest BCUT2D eigenvalue weighted by atomic mass is 10.3. The predicted octanol–water partition coefficient (Wildman–Crippen LogP) is 0.736. The fraction of sp³-hybridized carbons (Fsp3) is 0.889. The van der Waals surface area contributed by atoms with Gasteiger partial charge in [0.25, 0.3) is 0 Å². The number of carbonyl (C=O) groups excluding carboxylic acids is 1. The summed E-state index contributed by atoms with van der Waals surface area (Å²) in [6.07, 6.45) is 4.28. The number of amides is 1. The van der Waals surface area contributed by atoms with Crippen molar-refractivity contribution in [3.63, 3.8) is 0 Å². The summed E-state index contributed by atoms with van der Waals surface area (Å²) in [6, 6.07) is 0.754. The van der Waals surface area contributed by atoms with Gasteiger partial charge in [0.05, 0.1) is 0 Å². The van der Waals surface area contributed by atoms with Gasteiger partial charge in [0.1, 0.15) is 0 Å². The van der Waals surface area contributed by atoms with Crippen LogP contribution in [0.1, 0.15) is 32.6 Å². The average Bonchev–Trinajstić information content (AvgIpc) is 2.79. The fourth-order valence-electron chi connectivity index (χ4n) is 1.46. The van der Waals surface area contributed by atoms with E-state index in [2.05, 4.69) is 11.8 Å². The van der Waals surface area contributed by atoms with Gasteiger partial charge >= 0.3 is 0 Å². The molecule has 0 unspecified atom stereocenters. The van der Waals surface area contributed by atoms with Crippen LogP contribution in [0.25, 0.3) is 0 Å². The van der Waals surface area contributed by atoms with E-state index >= 15 is 0 Å². The first-order valence-corrected chi connectivity index (χ1v) is 4.76. The Morgan fingerprint density at radius 1 is 1.50 bits per heavy atom. The van der Waals surface area contributed by atoms with E-state index in [-0.39, 0.29) is 5.91 Å². The van der Waals surface area contributed by atoms with E-state index in [1.54, 1.807) is 0 Å². The highest BCUT2D eigenvalue weighted by atomic mass is 16.1. The zero-order valence-electron chi connectivity index (χ0n) is 7.75. The van der Waals surface area contributed by atoms with Gasteiger partial charge in [0, 0.05) is 19.0 Å². The van der Waals surface area contributed by atoms with Crippen LogP contribution < -0.4 is 5.73 Å². The van der Waals surface area contributed by atoms with Crippen molar-refractivity contribution in [3.05, 3.63) is 0 Å². The molecule has 0 aromatic rings. The number of rotatable bonds is 6. The first kappa shape index (κ1) is 9.52. The highest BCUT2D eigenvalue weighted by Gasteiger charge is 2.27. The van der Waals surface area contributed by atoms with Crippen molar-refractivity contribution < 1.29 is 4.79 Å². The topological polar surface area (TPSA) is 46.3 Å². The van der Waals surface area contributed by atoms with Crippen LogP contribution in [0.2, 0.25) is 0 Å². The van der Waals surface area contributed by atoms with Crippen LogP contribution in [0.15, 0.2) is 0 Å². The Morgan fingerprint density at radius 3 is 2.58 bits per heavy atom. The van der Waals surface area contributed by atoms with Crippen LogP contribution in [0.3, 0.4) is 0 Å². The molecule has 0 saturated heterocycles. The number of nitrogens with zero attached hydrogens (tertiary/aromatic N) is 1. The van der Waals surface area contributed by atoms with Crippen LogP contribution in [0, 0.1) is 0 Å². The predicted molar refractivity (Wildman–Crippen MR) is 48.7 cm³/mol. The molecule has 1 aliphatic rings. The quantitative estimate of drug-likeness (QED) is 0.639. The standard InChI is InChI=1S/C9H18N2O/c1-2-6-11(8-3-4-8)7-5-9(10)12/h8H,2-7H2,1H3,(H2,10,12). The summed E-state index contributed by atoms with van der Waals surface area (Å²) in [5, 5.41) is 0. The molecule has 1 saturated carbocycles. The summed E-state index contributed by atoms with van der Waals surface area (Å²) < 4.78 is 0. The minimum absolute atomic E-state index is 0.184. The molecule has 12 heavy (non-hydrogen) atoms. The van der Waals surface area contributed by atoms with Crippen LogP contribution in [0.5, 0.6) is 0 Å². The Labute approximate surface area is 73.9 Å². The summed E-state index contributed by atoms with van der Waals surface area (Å²) in [4.78, 5) is 12.9. The molecule has 0 heterocycles. The van der Waals surface area contributed by atoms with E-state index in [0.29, 0.717) is 6.42 Å².